The summed E-state index contributed by atoms with van der Waals surface area (Å²) in [6.45, 7) is 4.71. The number of benzene rings is 2. The summed E-state index contributed by atoms with van der Waals surface area (Å²) < 4.78 is 0. The van der Waals surface area contributed by atoms with Gasteiger partial charge in [0, 0.05) is 29.9 Å². The zero-order valence-electron chi connectivity index (χ0n) is 14.1. The second-order valence-electron chi connectivity index (χ2n) is 6.33. The first kappa shape index (κ1) is 16.2. The zero-order chi connectivity index (χ0) is 17.1. The number of nitrogens with one attached hydrogen (secondary N) is 1. The van der Waals surface area contributed by atoms with E-state index in [9.17, 15) is 9.59 Å². The Balaban J connectivity index is 1.77. The van der Waals surface area contributed by atoms with E-state index in [2.05, 4.69) is 5.32 Å². The number of carbonyl (C=O) groups excluding carboxylic acids is 2. The molecule has 0 radical (unpaired) electrons. The average molecular weight is 322 g/mol. The molecule has 0 bridgehead atoms. The molecular formula is C20H22N2O2. The largest absolute Gasteiger partial charge is 0.322 e. The van der Waals surface area contributed by atoms with Gasteiger partial charge in [-0.15, -0.1) is 0 Å². The second kappa shape index (κ2) is 6.87. The van der Waals surface area contributed by atoms with Crippen molar-refractivity contribution in [2.24, 2.45) is 0 Å². The maximum atomic E-state index is 12.3. The lowest BCUT2D eigenvalue weighted by Crippen LogP contribution is -2.35. The van der Waals surface area contributed by atoms with Gasteiger partial charge in [-0.2, -0.15) is 0 Å². The SMILES string of the molecule is Cc1cccc(C(=O)Nc2ccc(N3CCCCC3=O)c(C)c2)c1. The molecule has 3 rings (SSSR count). The molecule has 0 unspecified atom stereocenters. The Hall–Kier alpha value is -2.62. The monoisotopic (exact) mass is 322 g/mol. The van der Waals surface area contributed by atoms with Gasteiger partial charge in [0.25, 0.3) is 5.91 Å². The van der Waals surface area contributed by atoms with Crippen LogP contribution in [0, 0.1) is 13.8 Å². The van der Waals surface area contributed by atoms with Crippen molar-refractivity contribution in [2.45, 2.75) is 33.1 Å². The molecule has 1 saturated heterocycles. The van der Waals surface area contributed by atoms with Gasteiger partial charge in [-0.25, -0.2) is 0 Å². The standard InChI is InChI=1S/C20H22N2O2/c1-14-6-5-7-16(12-14)20(24)21-17-9-10-18(15(2)13-17)22-11-4-3-8-19(22)23/h5-7,9-10,12-13H,3-4,8,11H2,1-2H3,(H,21,24). The van der Waals surface area contributed by atoms with Gasteiger partial charge in [-0.05, 0) is 62.6 Å². The van der Waals surface area contributed by atoms with E-state index >= 15 is 0 Å². The fraction of sp³-hybridized carbons (Fsp3) is 0.300. The van der Waals surface area contributed by atoms with Crippen molar-refractivity contribution in [1.29, 1.82) is 0 Å². The van der Waals surface area contributed by atoms with E-state index in [4.69, 9.17) is 0 Å². The summed E-state index contributed by atoms with van der Waals surface area (Å²) in [6, 6.07) is 13.2. The predicted octanol–water partition coefficient (Wildman–Crippen LogP) is 4.07. The number of nitrogens with zero attached hydrogens (tertiary/aromatic N) is 1. The Labute approximate surface area is 142 Å². The Morgan fingerprint density at radius 2 is 1.92 bits per heavy atom. The molecule has 0 atom stereocenters. The molecule has 4 nitrogen and oxygen atoms in total. The van der Waals surface area contributed by atoms with Crippen molar-refractivity contribution in [2.75, 3.05) is 16.8 Å². The van der Waals surface area contributed by atoms with E-state index in [0.29, 0.717) is 12.0 Å². The third-order valence-corrected chi connectivity index (χ3v) is 4.35. The fourth-order valence-corrected chi connectivity index (χ4v) is 3.09. The van der Waals surface area contributed by atoms with E-state index < -0.39 is 0 Å². The van der Waals surface area contributed by atoms with Gasteiger partial charge >= 0.3 is 0 Å². The Morgan fingerprint density at radius 3 is 2.62 bits per heavy atom. The van der Waals surface area contributed by atoms with Crippen LogP contribution >= 0.6 is 0 Å². The van der Waals surface area contributed by atoms with Crippen molar-refractivity contribution >= 4 is 23.2 Å². The van der Waals surface area contributed by atoms with Crippen LogP contribution in [0.25, 0.3) is 0 Å². The van der Waals surface area contributed by atoms with Crippen LogP contribution in [0.1, 0.15) is 40.7 Å². The normalized spacial score (nSPS) is 14.6. The summed E-state index contributed by atoms with van der Waals surface area (Å²) in [5.41, 5.74) is 4.37. The molecule has 0 spiro atoms. The van der Waals surface area contributed by atoms with Crippen molar-refractivity contribution in [3.8, 4) is 0 Å². The second-order valence-corrected chi connectivity index (χ2v) is 6.33. The third-order valence-electron chi connectivity index (χ3n) is 4.35. The number of aryl methyl sites for hydroxylation is 2. The smallest absolute Gasteiger partial charge is 0.255 e. The Kier molecular flexibility index (Phi) is 4.65. The van der Waals surface area contributed by atoms with E-state index in [1.54, 1.807) is 6.07 Å². The van der Waals surface area contributed by atoms with Crippen LogP contribution in [0.3, 0.4) is 0 Å². The number of amides is 2. The van der Waals surface area contributed by atoms with Gasteiger partial charge in [-0.3, -0.25) is 9.59 Å². The minimum absolute atomic E-state index is 0.125. The highest BCUT2D eigenvalue weighted by atomic mass is 16.2. The van der Waals surface area contributed by atoms with Crippen molar-refractivity contribution in [3.63, 3.8) is 0 Å². The van der Waals surface area contributed by atoms with Crippen LogP contribution in [0.4, 0.5) is 11.4 Å². The Bertz CT molecular complexity index is 783. The summed E-state index contributed by atoms with van der Waals surface area (Å²) in [4.78, 5) is 26.3. The highest BCUT2D eigenvalue weighted by molar-refractivity contribution is 6.04. The van der Waals surface area contributed by atoms with Gasteiger partial charge in [0.15, 0.2) is 0 Å². The first-order valence-corrected chi connectivity index (χ1v) is 8.33. The summed E-state index contributed by atoms with van der Waals surface area (Å²) in [7, 11) is 0. The van der Waals surface area contributed by atoms with Gasteiger partial charge in [0.05, 0.1) is 0 Å². The molecule has 1 aliphatic heterocycles. The molecule has 1 N–H and O–H groups in total. The Morgan fingerprint density at radius 1 is 1.08 bits per heavy atom. The number of hydrogen-bond acceptors (Lipinski definition) is 2. The molecule has 124 valence electrons. The van der Waals surface area contributed by atoms with E-state index in [1.165, 1.54) is 0 Å². The first-order valence-electron chi connectivity index (χ1n) is 8.33. The van der Waals surface area contributed by atoms with Crippen LogP contribution in [-0.4, -0.2) is 18.4 Å². The highest BCUT2D eigenvalue weighted by Crippen LogP contribution is 2.27. The van der Waals surface area contributed by atoms with Crippen LogP contribution in [-0.2, 0) is 4.79 Å². The molecule has 4 heteroatoms. The van der Waals surface area contributed by atoms with Gasteiger partial charge in [0.2, 0.25) is 5.91 Å². The van der Waals surface area contributed by atoms with E-state index in [0.717, 1.165) is 41.9 Å². The molecule has 0 aliphatic carbocycles. The molecule has 0 aromatic heterocycles. The molecular weight excluding hydrogens is 300 g/mol. The topological polar surface area (TPSA) is 49.4 Å². The summed E-state index contributed by atoms with van der Waals surface area (Å²) in [5.74, 6) is 0.0563. The van der Waals surface area contributed by atoms with Crippen LogP contribution in [0.15, 0.2) is 42.5 Å². The number of anilines is 2. The lowest BCUT2D eigenvalue weighted by atomic mass is 10.1. The predicted molar refractivity (Wildman–Crippen MR) is 96.5 cm³/mol. The van der Waals surface area contributed by atoms with Gasteiger partial charge in [0.1, 0.15) is 0 Å². The minimum Gasteiger partial charge on any atom is -0.322 e. The summed E-state index contributed by atoms with van der Waals surface area (Å²) >= 11 is 0. The minimum atomic E-state index is -0.125. The number of rotatable bonds is 3. The van der Waals surface area contributed by atoms with Crippen molar-refractivity contribution in [3.05, 3.63) is 59.2 Å². The van der Waals surface area contributed by atoms with Crippen molar-refractivity contribution < 1.29 is 9.59 Å². The summed E-state index contributed by atoms with van der Waals surface area (Å²) in [6.07, 6.45) is 2.63. The molecule has 2 amide bonds. The highest BCUT2D eigenvalue weighted by Gasteiger charge is 2.21. The number of hydrogen-bond donors (Lipinski definition) is 1. The van der Waals surface area contributed by atoms with E-state index in [1.807, 2.05) is 55.1 Å². The quantitative estimate of drug-likeness (QED) is 0.926. The molecule has 24 heavy (non-hydrogen) atoms. The van der Waals surface area contributed by atoms with Gasteiger partial charge < -0.3 is 10.2 Å². The molecule has 1 aliphatic rings. The lowest BCUT2D eigenvalue weighted by Gasteiger charge is -2.28. The third kappa shape index (κ3) is 3.48. The molecule has 0 saturated carbocycles. The maximum Gasteiger partial charge on any atom is 0.255 e. The zero-order valence-corrected chi connectivity index (χ0v) is 14.1. The summed E-state index contributed by atoms with van der Waals surface area (Å²) in [5, 5.41) is 2.93. The van der Waals surface area contributed by atoms with Crippen molar-refractivity contribution in [1.82, 2.24) is 0 Å². The first-order chi connectivity index (χ1) is 11.5. The van der Waals surface area contributed by atoms with Gasteiger partial charge in [-0.1, -0.05) is 17.7 Å². The number of piperidine rings is 1. The van der Waals surface area contributed by atoms with Crippen LogP contribution in [0.2, 0.25) is 0 Å². The molecule has 2 aromatic carbocycles. The molecule has 1 heterocycles. The fourth-order valence-electron chi connectivity index (χ4n) is 3.09. The van der Waals surface area contributed by atoms with E-state index in [-0.39, 0.29) is 11.8 Å². The van der Waals surface area contributed by atoms with Crippen LogP contribution in [0.5, 0.6) is 0 Å². The number of carbonyl (C=O) groups is 2. The molecule has 1 fully saturated rings. The molecule has 2 aromatic rings. The van der Waals surface area contributed by atoms with Crippen LogP contribution < -0.4 is 10.2 Å². The maximum absolute atomic E-state index is 12.3. The lowest BCUT2D eigenvalue weighted by molar-refractivity contribution is -0.119. The average Bonchev–Trinajstić information content (AvgIpc) is 2.56.